The minimum absolute atomic E-state index is 0.0347. The van der Waals surface area contributed by atoms with Crippen LogP contribution >= 0.6 is 11.8 Å². The summed E-state index contributed by atoms with van der Waals surface area (Å²) < 4.78 is 18.2. The molecule has 0 radical (unpaired) electrons. The second-order valence-electron chi connectivity index (χ2n) is 4.68. The molecule has 1 amide bonds. The summed E-state index contributed by atoms with van der Waals surface area (Å²) in [5, 5.41) is -0.0890. The molecule has 2 aromatic carbocycles. The van der Waals surface area contributed by atoms with Crippen LogP contribution in [0.2, 0.25) is 0 Å². The highest BCUT2D eigenvalue weighted by atomic mass is 32.2. The largest absolute Gasteiger partial charge is 0.497 e. The van der Waals surface area contributed by atoms with Crippen molar-refractivity contribution in [3.05, 3.63) is 59.9 Å². The number of nitrogens with zero attached hydrogens (tertiary/aromatic N) is 1. The lowest BCUT2D eigenvalue weighted by molar-refractivity contribution is -0.115. The fourth-order valence-electron chi connectivity index (χ4n) is 2.32. The molecule has 0 spiro atoms. The van der Waals surface area contributed by atoms with Gasteiger partial charge in [0.05, 0.1) is 12.9 Å². The van der Waals surface area contributed by atoms with Gasteiger partial charge in [-0.1, -0.05) is 12.1 Å². The van der Waals surface area contributed by atoms with Crippen molar-refractivity contribution in [2.75, 3.05) is 17.8 Å². The third-order valence-electron chi connectivity index (χ3n) is 3.37. The Morgan fingerprint density at radius 1 is 1.14 bits per heavy atom. The Bertz CT molecular complexity index is 642. The van der Waals surface area contributed by atoms with Crippen LogP contribution in [0.3, 0.4) is 0 Å². The SMILES string of the molecule is COc1ccc([C@H]2SCC(=O)N2c2ccc(F)cc2)cc1. The molecule has 5 heteroatoms. The summed E-state index contributed by atoms with van der Waals surface area (Å²) in [4.78, 5) is 13.9. The van der Waals surface area contributed by atoms with E-state index in [-0.39, 0.29) is 17.1 Å². The predicted molar refractivity (Wildman–Crippen MR) is 82.1 cm³/mol. The minimum Gasteiger partial charge on any atom is -0.497 e. The van der Waals surface area contributed by atoms with Crippen molar-refractivity contribution in [3.63, 3.8) is 0 Å². The molecular weight excluding hydrogens is 289 g/mol. The van der Waals surface area contributed by atoms with Gasteiger partial charge in [-0.2, -0.15) is 0 Å². The summed E-state index contributed by atoms with van der Waals surface area (Å²) in [5.41, 5.74) is 1.74. The van der Waals surface area contributed by atoms with Crippen molar-refractivity contribution in [3.8, 4) is 5.75 Å². The number of anilines is 1. The zero-order chi connectivity index (χ0) is 14.8. The van der Waals surface area contributed by atoms with Crippen LogP contribution in [0.5, 0.6) is 5.75 Å². The normalized spacial score (nSPS) is 18.1. The fourth-order valence-corrected chi connectivity index (χ4v) is 3.50. The number of halogens is 1. The lowest BCUT2D eigenvalue weighted by Crippen LogP contribution is -2.27. The van der Waals surface area contributed by atoms with E-state index in [0.29, 0.717) is 11.4 Å². The summed E-state index contributed by atoms with van der Waals surface area (Å²) >= 11 is 1.57. The number of hydrogen-bond acceptors (Lipinski definition) is 3. The van der Waals surface area contributed by atoms with E-state index in [0.717, 1.165) is 11.3 Å². The molecule has 0 unspecified atom stereocenters. The van der Waals surface area contributed by atoms with Gasteiger partial charge in [-0.15, -0.1) is 11.8 Å². The summed E-state index contributed by atoms with van der Waals surface area (Å²) in [7, 11) is 1.62. The van der Waals surface area contributed by atoms with Crippen LogP contribution in [0.4, 0.5) is 10.1 Å². The lowest BCUT2D eigenvalue weighted by atomic mass is 10.2. The molecule has 108 valence electrons. The molecule has 0 N–H and O–H groups in total. The Hall–Kier alpha value is -2.01. The predicted octanol–water partition coefficient (Wildman–Crippen LogP) is 3.61. The van der Waals surface area contributed by atoms with Crippen LogP contribution in [-0.4, -0.2) is 18.8 Å². The Morgan fingerprint density at radius 3 is 2.43 bits per heavy atom. The van der Waals surface area contributed by atoms with Crippen LogP contribution in [0.15, 0.2) is 48.5 Å². The van der Waals surface area contributed by atoms with Crippen molar-refractivity contribution >= 4 is 23.4 Å². The summed E-state index contributed by atoms with van der Waals surface area (Å²) in [6.07, 6.45) is 0. The van der Waals surface area contributed by atoms with E-state index in [1.807, 2.05) is 24.3 Å². The number of thioether (sulfide) groups is 1. The Morgan fingerprint density at radius 2 is 1.81 bits per heavy atom. The summed E-state index contributed by atoms with van der Waals surface area (Å²) in [5.74, 6) is 0.932. The van der Waals surface area contributed by atoms with Gasteiger partial charge in [-0.3, -0.25) is 9.69 Å². The monoisotopic (exact) mass is 303 g/mol. The van der Waals surface area contributed by atoms with Gasteiger partial charge in [0, 0.05) is 5.69 Å². The van der Waals surface area contributed by atoms with Gasteiger partial charge in [0.2, 0.25) is 5.91 Å². The topological polar surface area (TPSA) is 29.5 Å². The lowest BCUT2D eigenvalue weighted by Gasteiger charge is -2.24. The Labute approximate surface area is 126 Å². The summed E-state index contributed by atoms with van der Waals surface area (Å²) in [6.45, 7) is 0. The average molecular weight is 303 g/mol. The molecule has 1 aliphatic heterocycles. The van der Waals surface area contributed by atoms with Gasteiger partial charge in [0.1, 0.15) is 16.9 Å². The molecule has 0 bridgehead atoms. The number of amides is 1. The molecule has 0 saturated carbocycles. The van der Waals surface area contributed by atoms with Gasteiger partial charge in [0.25, 0.3) is 0 Å². The summed E-state index contributed by atoms with van der Waals surface area (Å²) in [6, 6.07) is 13.7. The second-order valence-corrected chi connectivity index (χ2v) is 5.75. The number of rotatable bonds is 3. The standard InChI is InChI=1S/C16H14FNO2S/c1-20-14-8-2-11(3-9-14)16-18(15(19)10-21-16)13-6-4-12(17)5-7-13/h2-9,16H,10H2,1H3/t16-/m1/s1. The number of ether oxygens (including phenoxy) is 1. The van der Waals surface area contributed by atoms with E-state index >= 15 is 0 Å². The van der Waals surface area contributed by atoms with Crippen LogP contribution in [0.25, 0.3) is 0 Å². The van der Waals surface area contributed by atoms with Gasteiger partial charge >= 0.3 is 0 Å². The Balaban J connectivity index is 1.93. The number of hydrogen-bond donors (Lipinski definition) is 0. The first-order valence-corrected chi connectivity index (χ1v) is 7.57. The molecule has 2 aromatic rings. The molecule has 1 heterocycles. The van der Waals surface area contributed by atoms with Crippen LogP contribution in [0.1, 0.15) is 10.9 Å². The third-order valence-corrected chi connectivity index (χ3v) is 4.59. The average Bonchev–Trinajstić information content (AvgIpc) is 2.90. The zero-order valence-corrected chi connectivity index (χ0v) is 12.3. The first kappa shape index (κ1) is 13.9. The number of carbonyl (C=O) groups excluding carboxylic acids is 1. The Kier molecular flexibility index (Phi) is 3.84. The second kappa shape index (κ2) is 5.77. The minimum atomic E-state index is -0.306. The number of methoxy groups -OCH3 is 1. The molecule has 0 aliphatic carbocycles. The maximum atomic E-state index is 13.1. The molecule has 21 heavy (non-hydrogen) atoms. The molecule has 3 rings (SSSR count). The highest BCUT2D eigenvalue weighted by Crippen LogP contribution is 2.41. The third kappa shape index (κ3) is 2.74. The smallest absolute Gasteiger partial charge is 0.238 e. The van der Waals surface area contributed by atoms with Crippen molar-refractivity contribution in [1.29, 1.82) is 0 Å². The fraction of sp³-hybridized carbons (Fsp3) is 0.188. The first-order valence-electron chi connectivity index (χ1n) is 6.52. The van der Waals surface area contributed by atoms with Crippen LogP contribution in [0, 0.1) is 5.82 Å². The van der Waals surface area contributed by atoms with E-state index in [4.69, 9.17) is 4.74 Å². The van der Waals surface area contributed by atoms with Gasteiger partial charge in [0.15, 0.2) is 0 Å². The molecule has 1 atom stereocenters. The molecular formula is C16H14FNO2S. The van der Waals surface area contributed by atoms with E-state index in [9.17, 15) is 9.18 Å². The molecule has 0 aromatic heterocycles. The van der Waals surface area contributed by atoms with E-state index in [2.05, 4.69) is 0 Å². The van der Waals surface area contributed by atoms with Crippen molar-refractivity contribution in [2.45, 2.75) is 5.37 Å². The van der Waals surface area contributed by atoms with E-state index in [1.165, 1.54) is 12.1 Å². The van der Waals surface area contributed by atoms with Crippen LogP contribution < -0.4 is 9.64 Å². The maximum Gasteiger partial charge on any atom is 0.238 e. The van der Waals surface area contributed by atoms with Crippen molar-refractivity contribution in [2.24, 2.45) is 0 Å². The maximum absolute atomic E-state index is 13.1. The number of carbonyl (C=O) groups is 1. The zero-order valence-electron chi connectivity index (χ0n) is 11.5. The van der Waals surface area contributed by atoms with E-state index in [1.54, 1.807) is 35.9 Å². The molecule has 3 nitrogen and oxygen atoms in total. The van der Waals surface area contributed by atoms with Gasteiger partial charge < -0.3 is 4.74 Å². The van der Waals surface area contributed by atoms with E-state index < -0.39 is 0 Å². The highest BCUT2D eigenvalue weighted by Gasteiger charge is 2.33. The number of benzene rings is 2. The molecule has 1 fully saturated rings. The molecule has 1 aliphatic rings. The van der Waals surface area contributed by atoms with Crippen LogP contribution in [-0.2, 0) is 4.79 Å². The quantitative estimate of drug-likeness (QED) is 0.867. The highest BCUT2D eigenvalue weighted by molar-refractivity contribution is 8.00. The van der Waals surface area contributed by atoms with Gasteiger partial charge in [-0.25, -0.2) is 4.39 Å². The van der Waals surface area contributed by atoms with Gasteiger partial charge in [-0.05, 0) is 42.0 Å². The van der Waals surface area contributed by atoms with Crippen molar-refractivity contribution in [1.82, 2.24) is 0 Å². The molecule has 1 saturated heterocycles. The first-order chi connectivity index (χ1) is 10.2. The van der Waals surface area contributed by atoms with Crippen molar-refractivity contribution < 1.29 is 13.9 Å².